The van der Waals surface area contributed by atoms with E-state index in [0.717, 1.165) is 11.7 Å². The number of benzene rings is 1. The van der Waals surface area contributed by atoms with Gasteiger partial charge in [0.15, 0.2) is 0 Å². The molecule has 1 aromatic carbocycles. The Labute approximate surface area is 106 Å². The van der Waals surface area contributed by atoms with Crippen molar-refractivity contribution in [1.82, 2.24) is 14.2 Å². The van der Waals surface area contributed by atoms with Crippen molar-refractivity contribution in [2.75, 3.05) is 0 Å². The maximum atomic E-state index is 13.1. The van der Waals surface area contributed by atoms with Crippen molar-refractivity contribution in [2.24, 2.45) is 5.84 Å². The predicted molar refractivity (Wildman–Crippen MR) is 65.2 cm³/mol. The van der Waals surface area contributed by atoms with Crippen LogP contribution in [0.3, 0.4) is 0 Å². The summed E-state index contributed by atoms with van der Waals surface area (Å²) in [4.78, 5) is 0. The maximum Gasteiger partial charge on any atom is 0.134 e. The van der Waals surface area contributed by atoms with Crippen LogP contribution in [-0.4, -0.2) is 8.75 Å². The molecule has 0 aliphatic rings. The number of hydrazine groups is 1. The van der Waals surface area contributed by atoms with Gasteiger partial charge < -0.3 is 4.42 Å². The molecular formula is C11H9FN4OS. The second-order valence-electron chi connectivity index (χ2n) is 3.76. The van der Waals surface area contributed by atoms with E-state index in [1.165, 1.54) is 12.1 Å². The second kappa shape index (κ2) is 4.45. The highest BCUT2D eigenvalue weighted by molar-refractivity contribution is 6.99. The summed E-state index contributed by atoms with van der Waals surface area (Å²) in [7, 11) is 0. The number of aromatic nitrogens is 2. The Hall–Kier alpha value is -1.83. The minimum atomic E-state index is -0.390. The number of nitrogens with two attached hydrogens (primary N) is 1. The monoisotopic (exact) mass is 264 g/mol. The second-order valence-corrected chi connectivity index (χ2v) is 4.32. The van der Waals surface area contributed by atoms with Crippen molar-refractivity contribution < 1.29 is 8.81 Å². The molecule has 0 bridgehead atoms. The molecule has 3 rings (SSSR count). The highest BCUT2D eigenvalue weighted by atomic mass is 32.1. The van der Waals surface area contributed by atoms with Crippen LogP contribution in [0.5, 0.6) is 0 Å². The Balaban J connectivity index is 2.07. The zero-order valence-corrected chi connectivity index (χ0v) is 9.95. The van der Waals surface area contributed by atoms with Gasteiger partial charge in [-0.2, -0.15) is 8.75 Å². The van der Waals surface area contributed by atoms with Crippen LogP contribution in [0, 0.1) is 5.82 Å². The lowest BCUT2D eigenvalue weighted by Crippen LogP contribution is -2.28. The lowest BCUT2D eigenvalue weighted by molar-refractivity contribution is 0.472. The van der Waals surface area contributed by atoms with Gasteiger partial charge >= 0.3 is 0 Å². The van der Waals surface area contributed by atoms with Gasteiger partial charge in [-0.3, -0.25) is 5.84 Å². The molecule has 18 heavy (non-hydrogen) atoms. The van der Waals surface area contributed by atoms with Gasteiger partial charge in [-0.25, -0.2) is 9.82 Å². The molecule has 0 spiro atoms. The Morgan fingerprint density at radius 1 is 1.39 bits per heavy atom. The minimum Gasteiger partial charge on any atom is -0.459 e. The number of rotatable bonds is 3. The number of furan rings is 1. The first kappa shape index (κ1) is 11.3. The van der Waals surface area contributed by atoms with Gasteiger partial charge in [0.2, 0.25) is 0 Å². The standard InChI is InChI=1S/C11H9FN4OS/c12-7-1-2-9-6(3-7)4-10(17-9)11(15-13)8-5-14-18-16-8/h1-5,11,15H,13H2. The van der Waals surface area contributed by atoms with Gasteiger partial charge in [0.1, 0.15) is 28.9 Å². The molecule has 2 heterocycles. The number of hydrogen-bond donors (Lipinski definition) is 2. The lowest BCUT2D eigenvalue weighted by Gasteiger charge is -2.08. The molecule has 1 unspecified atom stereocenters. The summed E-state index contributed by atoms with van der Waals surface area (Å²) in [5, 5.41) is 0.688. The van der Waals surface area contributed by atoms with E-state index in [9.17, 15) is 4.39 Å². The summed E-state index contributed by atoms with van der Waals surface area (Å²) < 4.78 is 26.8. The van der Waals surface area contributed by atoms with Gasteiger partial charge in [0, 0.05) is 5.39 Å². The van der Waals surface area contributed by atoms with Crippen LogP contribution in [0.15, 0.2) is 34.9 Å². The fraction of sp³-hybridized carbons (Fsp3) is 0.0909. The first-order valence-corrected chi connectivity index (χ1v) is 5.93. The Morgan fingerprint density at radius 2 is 2.28 bits per heavy atom. The zero-order chi connectivity index (χ0) is 12.5. The summed E-state index contributed by atoms with van der Waals surface area (Å²) in [5.74, 6) is 5.77. The fourth-order valence-electron chi connectivity index (χ4n) is 1.79. The Kier molecular flexibility index (Phi) is 2.78. The van der Waals surface area contributed by atoms with Gasteiger partial charge in [0.25, 0.3) is 0 Å². The number of hydrogen-bond acceptors (Lipinski definition) is 6. The highest BCUT2D eigenvalue weighted by Gasteiger charge is 2.19. The molecule has 0 aliphatic carbocycles. The molecule has 5 nitrogen and oxygen atoms in total. The quantitative estimate of drug-likeness (QED) is 0.558. The van der Waals surface area contributed by atoms with Crippen LogP contribution in [-0.2, 0) is 0 Å². The normalized spacial score (nSPS) is 13.0. The van der Waals surface area contributed by atoms with Gasteiger partial charge in [-0.15, -0.1) is 0 Å². The predicted octanol–water partition coefficient (Wildman–Crippen LogP) is 1.98. The van der Waals surface area contributed by atoms with Crippen LogP contribution in [0.1, 0.15) is 17.5 Å². The molecular weight excluding hydrogens is 255 g/mol. The van der Waals surface area contributed by atoms with Gasteiger partial charge in [-0.1, -0.05) is 0 Å². The third-order valence-corrected chi connectivity index (χ3v) is 3.11. The van der Waals surface area contributed by atoms with Crippen molar-refractivity contribution >= 4 is 22.7 Å². The molecule has 0 radical (unpaired) electrons. The van der Waals surface area contributed by atoms with E-state index < -0.39 is 0 Å². The highest BCUT2D eigenvalue weighted by Crippen LogP contribution is 2.27. The summed E-state index contributed by atoms with van der Waals surface area (Å²) in [6, 6.07) is 5.70. The van der Waals surface area contributed by atoms with Crippen LogP contribution in [0.25, 0.3) is 11.0 Å². The number of halogens is 1. The molecule has 1 atom stereocenters. The molecule has 0 saturated carbocycles. The number of nitrogens with one attached hydrogen (secondary N) is 1. The third kappa shape index (κ3) is 1.88. The van der Waals surface area contributed by atoms with Crippen molar-refractivity contribution in [3.8, 4) is 0 Å². The van der Waals surface area contributed by atoms with E-state index in [2.05, 4.69) is 14.2 Å². The SMILES string of the molecule is NNC(c1cnsn1)c1cc2cc(F)ccc2o1. The summed E-state index contributed by atoms with van der Waals surface area (Å²) in [6.45, 7) is 0. The maximum absolute atomic E-state index is 13.1. The van der Waals surface area contributed by atoms with Crippen molar-refractivity contribution in [1.29, 1.82) is 0 Å². The molecule has 0 amide bonds. The van der Waals surface area contributed by atoms with E-state index in [-0.39, 0.29) is 11.9 Å². The first-order valence-electron chi connectivity index (χ1n) is 5.20. The molecule has 7 heteroatoms. The van der Waals surface area contributed by atoms with E-state index in [1.807, 2.05) is 0 Å². The van der Waals surface area contributed by atoms with Crippen molar-refractivity contribution in [3.05, 3.63) is 47.7 Å². The van der Waals surface area contributed by atoms with Gasteiger partial charge in [-0.05, 0) is 24.3 Å². The average molecular weight is 264 g/mol. The summed E-state index contributed by atoms with van der Waals surface area (Å²) >= 11 is 1.09. The van der Waals surface area contributed by atoms with Crippen molar-refractivity contribution in [2.45, 2.75) is 6.04 Å². The molecule has 3 N–H and O–H groups in total. The Bertz CT molecular complexity index is 667. The third-order valence-electron chi connectivity index (χ3n) is 2.62. The summed E-state index contributed by atoms with van der Waals surface area (Å²) in [5.41, 5.74) is 3.89. The average Bonchev–Trinajstić information content (AvgIpc) is 2.98. The van der Waals surface area contributed by atoms with Crippen LogP contribution in [0.4, 0.5) is 4.39 Å². The lowest BCUT2D eigenvalue weighted by atomic mass is 10.1. The van der Waals surface area contributed by atoms with E-state index in [1.54, 1.807) is 18.3 Å². The molecule has 0 aliphatic heterocycles. The number of fused-ring (bicyclic) bond motifs is 1. The molecule has 0 saturated heterocycles. The minimum absolute atomic E-state index is 0.303. The molecule has 2 aromatic heterocycles. The van der Waals surface area contributed by atoms with Crippen LogP contribution >= 0.6 is 11.7 Å². The van der Waals surface area contributed by atoms with E-state index in [0.29, 0.717) is 22.4 Å². The van der Waals surface area contributed by atoms with E-state index in [4.69, 9.17) is 10.3 Å². The topological polar surface area (TPSA) is 77.0 Å². The molecule has 92 valence electrons. The Morgan fingerprint density at radius 3 is 3.00 bits per heavy atom. The fourth-order valence-corrected chi connectivity index (χ4v) is 2.24. The largest absolute Gasteiger partial charge is 0.459 e. The smallest absolute Gasteiger partial charge is 0.134 e. The zero-order valence-electron chi connectivity index (χ0n) is 9.13. The molecule has 3 aromatic rings. The molecule has 0 fully saturated rings. The van der Waals surface area contributed by atoms with Crippen molar-refractivity contribution in [3.63, 3.8) is 0 Å². The van der Waals surface area contributed by atoms with Gasteiger partial charge in [0.05, 0.1) is 17.9 Å². The van der Waals surface area contributed by atoms with Crippen LogP contribution < -0.4 is 11.3 Å². The first-order chi connectivity index (χ1) is 8.78. The summed E-state index contributed by atoms with van der Waals surface area (Å²) in [6.07, 6.45) is 1.61. The number of nitrogens with zero attached hydrogens (tertiary/aromatic N) is 2. The van der Waals surface area contributed by atoms with E-state index >= 15 is 0 Å². The van der Waals surface area contributed by atoms with Crippen LogP contribution in [0.2, 0.25) is 0 Å².